The van der Waals surface area contributed by atoms with Crippen LogP contribution in [-0.4, -0.2) is 45.5 Å². The number of hydrogen-bond donors (Lipinski definition) is 3. The molecule has 0 aliphatic carbocycles. The molecule has 2 unspecified atom stereocenters. The number of nitrogens with two attached hydrogens (primary N) is 1. The number of aliphatic hydroxyl groups is 2. The lowest BCUT2D eigenvalue weighted by Crippen LogP contribution is -2.23. The molecule has 2 heterocycles. The Morgan fingerprint density at radius 3 is 2.36 bits per heavy atom. The summed E-state index contributed by atoms with van der Waals surface area (Å²) in [6.07, 6.45) is 1.55. The maximum atomic E-state index is 9.34. The van der Waals surface area contributed by atoms with Gasteiger partial charge >= 0.3 is 0 Å². The van der Waals surface area contributed by atoms with Gasteiger partial charge in [-0.2, -0.15) is 0 Å². The van der Waals surface area contributed by atoms with Crippen LogP contribution in [0.5, 0.6) is 0 Å². The van der Waals surface area contributed by atoms with Gasteiger partial charge < -0.3 is 20.8 Å². The van der Waals surface area contributed by atoms with Gasteiger partial charge in [0.05, 0.1) is 12.2 Å². The van der Waals surface area contributed by atoms with Crippen molar-refractivity contribution >= 4 is 11.6 Å². The fraction of sp³-hybridized carbons (Fsp3) is 0.500. The third-order valence-corrected chi connectivity index (χ3v) is 2.26. The van der Waals surface area contributed by atoms with E-state index in [0.29, 0.717) is 24.7 Å². The lowest BCUT2D eigenvalue weighted by molar-refractivity contribution is 0.0572. The molecule has 76 valence electrons. The zero-order valence-electron chi connectivity index (χ0n) is 7.54. The second-order valence-electron chi connectivity index (χ2n) is 3.30. The first-order valence-corrected chi connectivity index (χ1v) is 4.36. The van der Waals surface area contributed by atoms with Gasteiger partial charge in [-0.1, -0.05) is 0 Å². The molecule has 1 aromatic rings. The van der Waals surface area contributed by atoms with E-state index in [1.807, 2.05) is 0 Å². The molecule has 1 aliphatic heterocycles. The normalized spacial score (nSPS) is 26.9. The molecule has 2 atom stereocenters. The summed E-state index contributed by atoms with van der Waals surface area (Å²) < 4.78 is 0. The minimum atomic E-state index is -0.739. The van der Waals surface area contributed by atoms with Crippen LogP contribution in [0.25, 0.3) is 0 Å². The fourth-order valence-corrected chi connectivity index (χ4v) is 1.53. The van der Waals surface area contributed by atoms with Gasteiger partial charge in [0.2, 0.25) is 0 Å². The third-order valence-electron chi connectivity index (χ3n) is 2.26. The monoisotopic (exact) mass is 196 g/mol. The van der Waals surface area contributed by atoms with Crippen molar-refractivity contribution in [3.05, 3.63) is 12.4 Å². The van der Waals surface area contributed by atoms with E-state index in [9.17, 15) is 10.2 Å². The van der Waals surface area contributed by atoms with E-state index in [-0.39, 0.29) is 0 Å². The molecular weight excluding hydrogens is 184 g/mol. The van der Waals surface area contributed by atoms with E-state index in [2.05, 4.69) is 9.97 Å². The first-order valence-electron chi connectivity index (χ1n) is 4.36. The lowest BCUT2D eigenvalue weighted by Gasteiger charge is -2.16. The van der Waals surface area contributed by atoms with Crippen LogP contribution in [0.4, 0.5) is 11.6 Å². The largest absolute Gasteiger partial charge is 0.389 e. The van der Waals surface area contributed by atoms with Crippen molar-refractivity contribution in [2.24, 2.45) is 0 Å². The van der Waals surface area contributed by atoms with Crippen molar-refractivity contribution in [3.63, 3.8) is 0 Å². The number of aromatic nitrogens is 2. The van der Waals surface area contributed by atoms with Crippen LogP contribution >= 0.6 is 0 Å². The molecule has 4 N–H and O–H groups in total. The van der Waals surface area contributed by atoms with Crippen LogP contribution in [-0.2, 0) is 0 Å². The highest BCUT2D eigenvalue weighted by Gasteiger charge is 2.31. The Balaban J connectivity index is 2.21. The molecule has 0 bridgehead atoms. The number of aliphatic hydroxyl groups excluding tert-OH is 2. The number of nitrogens with zero attached hydrogens (tertiary/aromatic N) is 3. The molecule has 0 amide bonds. The topological polar surface area (TPSA) is 95.5 Å². The average Bonchev–Trinajstić information content (AvgIpc) is 2.48. The molecule has 1 saturated heterocycles. The fourth-order valence-electron chi connectivity index (χ4n) is 1.53. The van der Waals surface area contributed by atoms with Crippen molar-refractivity contribution in [1.82, 2.24) is 9.97 Å². The van der Waals surface area contributed by atoms with E-state index in [4.69, 9.17) is 5.73 Å². The minimum Gasteiger partial charge on any atom is -0.389 e. The van der Waals surface area contributed by atoms with E-state index >= 15 is 0 Å². The summed E-state index contributed by atoms with van der Waals surface area (Å²) in [5, 5.41) is 18.7. The molecule has 0 saturated carbocycles. The molecule has 6 nitrogen and oxygen atoms in total. The van der Waals surface area contributed by atoms with E-state index in [1.165, 1.54) is 12.4 Å². The predicted molar refractivity (Wildman–Crippen MR) is 50.7 cm³/mol. The summed E-state index contributed by atoms with van der Waals surface area (Å²) in [5.41, 5.74) is 5.61. The van der Waals surface area contributed by atoms with Crippen LogP contribution in [0.3, 0.4) is 0 Å². The van der Waals surface area contributed by atoms with Gasteiger partial charge in [-0.05, 0) is 0 Å². The van der Waals surface area contributed by atoms with Crippen molar-refractivity contribution in [3.8, 4) is 0 Å². The predicted octanol–water partition coefficient (Wildman–Crippen LogP) is -1.40. The maximum absolute atomic E-state index is 9.34. The Hall–Kier alpha value is -1.40. The standard InChI is InChI=1S/C8H12N4O2/c9-7-8(11-2-1-10-7)12-3-5(13)6(14)4-12/h1-2,5-6,13-14H,3-4H2,(H2,9,10). The molecule has 1 fully saturated rings. The van der Waals surface area contributed by atoms with Crippen LogP contribution in [0.1, 0.15) is 0 Å². The van der Waals surface area contributed by atoms with Gasteiger partial charge in [0.1, 0.15) is 0 Å². The maximum Gasteiger partial charge on any atom is 0.171 e. The number of nitrogen functional groups attached to an aromatic ring is 1. The Morgan fingerprint density at radius 1 is 1.21 bits per heavy atom. The SMILES string of the molecule is Nc1nccnc1N1CC(O)C(O)C1. The molecule has 6 heteroatoms. The van der Waals surface area contributed by atoms with Crippen molar-refractivity contribution in [2.45, 2.75) is 12.2 Å². The number of rotatable bonds is 1. The second kappa shape index (κ2) is 3.39. The molecule has 2 rings (SSSR count). The van der Waals surface area contributed by atoms with Gasteiger partial charge in [0, 0.05) is 25.5 Å². The minimum absolute atomic E-state index is 0.314. The smallest absolute Gasteiger partial charge is 0.171 e. The summed E-state index contributed by atoms with van der Waals surface area (Å²) >= 11 is 0. The molecule has 1 aliphatic rings. The zero-order valence-corrected chi connectivity index (χ0v) is 7.54. The Morgan fingerprint density at radius 2 is 1.79 bits per heavy atom. The number of β-amino-alcohol motifs (C(OH)–C–C–N with tert-alkyl or cyclic N) is 2. The van der Waals surface area contributed by atoms with Crippen molar-refractivity contribution in [2.75, 3.05) is 23.7 Å². The zero-order chi connectivity index (χ0) is 10.1. The van der Waals surface area contributed by atoms with Crippen LogP contribution < -0.4 is 10.6 Å². The molecule has 0 aromatic carbocycles. The van der Waals surface area contributed by atoms with Crippen LogP contribution in [0.15, 0.2) is 12.4 Å². The van der Waals surface area contributed by atoms with Gasteiger partial charge in [-0.3, -0.25) is 0 Å². The van der Waals surface area contributed by atoms with Crippen molar-refractivity contribution < 1.29 is 10.2 Å². The Bertz CT molecular complexity index is 323. The van der Waals surface area contributed by atoms with Gasteiger partial charge in [-0.25, -0.2) is 9.97 Å². The highest BCUT2D eigenvalue weighted by Crippen LogP contribution is 2.21. The van der Waals surface area contributed by atoms with E-state index in [1.54, 1.807) is 4.90 Å². The van der Waals surface area contributed by atoms with E-state index in [0.717, 1.165) is 0 Å². The van der Waals surface area contributed by atoms with Gasteiger partial charge in [0.15, 0.2) is 11.6 Å². The first kappa shape index (κ1) is 9.17. The lowest BCUT2D eigenvalue weighted by atomic mass is 10.3. The van der Waals surface area contributed by atoms with Crippen molar-refractivity contribution in [1.29, 1.82) is 0 Å². The van der Waals surface area contributed by atoms with Crippen LogP contribution in [0, 0.1) is 0 Å². The number of anilines is 2. The summed E-state index contributed by atoms with van der Waals surface area (Å²) in [6.45, 7) is 0.675. The highest BCUT2D eigenvalue weighted by molar-refractivity contribution is 5.58. The first-order chi connectivity index (χ1) is 6.68. The summed E-state index contributed by atoms with van der Waals surface area (Å²) in [6, 6.07) is 0. The molecular formula is C8H12N4O2. The molecule has 1 aromatic heterocycles. The summed E-state index contributed by atoms with van der Waals surface area (Å²) in [5.74, 6) is 0.830. The molecule has 0 spiro atoms. The molecule has 14 heavy (non-hydrogen) atoms. The molecule has 0 radical (unpaired) electrons. The second-order valence-corrected chi connectivity index (χ2v) is 3.30. The number of hydrogen-bond acceptors (Lipinski definition) is 6. The van der Waals surface area contributed by atoms with Gasteiger partial charge in [0.25, 0.3) is 0 Å². The quantitative estimate of drug-likeness (QED) is 0.511. The van der Waals surface area contributed by atoms with Crippen LogP contribution in [0.2, 0.25) is 0 Å². The third kappa shape index (κ3) is 1.49. The highest BCUT2D eigenvalue weighted by atomic mass is 16.3. The van der Waals surface area contributed by atoms with Gasteiger partial charge in [-0.15, -0.1) is 0 Å². The Kier molecular flexibility index (Phi) is 2.22. The summed E-state index contributed by atoms with van der Waals surface area (Å²) in [7, 11) is 0. The van der Waals surface area contributed by atoms with E-state index < -0.39 is 12.2 Å². The summed E-state index contributed by atoms with van der Waals surface area (Å²) in [4.78, 5) is 9.65. The Labute approximate surface area is 81.0 Å². The average molecular weight is 196 g/mol.